The minimum Gasteiger partial charge on any atom is -0.394 e. The van der Waals surface area contributed by atoms with Crippen molar-refractivity contribution in [1.82, 2.24) is 20.2 Å². The Kier molecular flexibility index (Phi) is 8.37. The number of likely N-dealkylation sites (tertiary alicyclic amines) is 1. The lowest BCUT2D eigenvalue weighted by Gasteiger charge is -2.21. The molecule has 1 aliphatic rings. The summed E-state index contributed by atoms with van der Waals surface area (Å²) in [6.45, 7) is 6.82. The predicted octanol–water partition coefficient (Wildman–Crippen LogP) is 4.00. The second kappa shape index (κ2) is 10.9. The number of aliphatic hydroxyl groups excluding tert-OH is 1. The number of halogens is 3. The second-order valence-electron chi connectivity index (χ2n) is 8.74. The molecule has 12 heteroatoms. The molecular formula is C23H30F3N5O3S. The van der Waals surface area contributed by atoms with Gasteiger partial charge in [-0.1, -0.05) is 6.92 Å². The summed E-state index contributed by atoms with van der Waals surface area (Å²) in [5.74, 6) is -0.760. The summed E-state index contributed by atoms with van der Waals surface area (Å²) in [6.07, 6.45) is -0.780. The first kappa shape index (κ1) is 26.9. The van der Waals surface area contributed by atoms with Crippen molar-refractivity contribution >= 4 is 29.0 Å². The number of aromatic nitrogens is 2. The van der Waals surface area contributed by atoms with Gasteiger partial charge in [0.1, 0.15) is 17.6 Å². The average molecular weight is 514 g/mol. The van der Waals surface area contributed by atoms with Gasteiger partial charge in [-0.15, -0.1) is 11.3 Å². The molecule has 3 heterocycles. The number of amides is 2. The van der Waals surface area contributed by atoms with Gasteiger partial charge in [-0.3, -0.25) is 9.59 Å². The Labute approximate surface area is 206 Å². The van der Waals surface area contributed by atoms with E-state index >= 15 is 0 Å². The van der Waals surface area contributed by atoms with E-state index in [9.17, 15) is 27.9 Å². The standard InChI is InChI=1S/C23H30F3N5O3S/c1-5-15(11-32)29-20(33)21-30-18(22(34)31-8-6-7-13(31)3)19(35-21)16-10-27-17(9-12(16)2)28-14(4)23(24,25)26/h9-10,13-15,32H,5-8,11H2,1-4H3,(H,27,28)(H,29,33)/t13-,14-,15-/m0/s1. The molecule has 35 heavy (non-hydrogen) atoms. The summed E-state index contributed by atoms with van der Waals surface area (Å²) in [6, 6.07) is -0.728. The highest BCUT2D eigenvalue weighted by atomic mass is 32.1. The topological polar surface area (TPSA) is 107 Å². The van der Waals surface area contributed by atoms with Gasteiger partial charge in [0.2, 0.25) is 0 Å². The Bertz CT molecular complexity index is 1070. The zero-order valence-electron chi connectivity index (χ0n) is 20.1. The third kappa shape index (κ3) is 6.10. The Morgan fingerprint density at radius 1 is 1.37 bits per heavy atom. The van der Waals surface area contributed by atoms with Gasteiger partial charge in [0.25, 0.3) is 11.8 Å². The minimum atomic E-state index is -4.43. The van der Waals surface area contributed by atoms with Crippen LogP contribution in [0, 0.1) is 6.92 Å². The van der Waals surface area contributed by atoms with Crippen LogP contribution in [0.3, 0.4) is 0 Å². The molecular weight excluding hydrogens is 483 g/mol. The van der Waals surface area contributed by atoms with E-state index in [1.54, 1.807) is 11.8 Å². The number of thiazole rings is 1. The third-order valence-corrected chi connectivity index (χ3v) is 7.18. The van der Waals surface area contributed by atoms with Crippen molar-refractivity contribution in [2.24, 2.45) is 0 Å². The van der Waals surface area contributed by atoms with Crippen LogP contribution >= 0.6 is 11.3 Å². The number of carbonyl (C=O) groups excluding carboxylic acids is 2. The summed E-state index contributed by atoms with van der Waals surface area (Å²) < 4.78 is 38.8. The monoisotopic (exact) mass is 513 g/mol. The molecule has 1 fully saturated rings. The average Bonchev–Trinajstić information content (AvgIpc) is 3.43. The first-order chi connectivity index (χ1) is 16.5. The largest absolute Gasteiger partial charge is 0.408 e. The lowest BCUT2D eigenvalue weighted by molar-refractivity contribution is -0.138. The van der Waals surface area contributed by atoms with E-state index < -0.39 is 24.2 Å². The van der Waals surface area contributed by atoms with Crippen LogP contribution in [-0.4, -0.2) is 69.2 Å². The number of anilines is 1. The Balaban J connectivity index is 2.00. The molecule has 0 aromatic carbocycles. The van der Waals surface area contributed by atoms with Gasteiger partial charge >= 0.3 is 6.18 Å². The van der Waals surface area contributed by atoms with Crippen LogP contribution in [0.5, 0.6) is 0 Å². The molecule has 1 aliphatic heterocycles. The molecule has 192 valence electrons. The zero-order valence-corrected chi connectivity index (χ0v) is 20.9. The number of carbonyl (C=O) groups is 2. The quantitative estimate of drug-likeness (QED) is 0.493. The first-order valence-corrected chi connectivity index (χ1v) is 12.3. The molecule has 2 amide bonds. The number of aliphatic hydroxyl groups is 1. The molecule has 2 aromatic heterocycles. The van der Waals surface area contributed by atoms with Crippen LogP contribution < -0.4 is 10.6 Å². The number of pyridine rings is 1. The summed E-state index contributed by atoms with van der Waals surface area (Å²) in [5, 5.41) is 14.5. The predicted molar refractivity (Wildman–Crippen MR) is 128 cm³/mol. The van der Waals surface area contributed by atoms with Crippen LogP contribution in [-0.2, 0) is 0 Å². The van der Waals surface area contributed by atoms with Gasteiger partial charge in [-0.25, -0.2) is 9.97 Å². The van der Waals surface area contributed by atoms with Crippen molar-refractivity contribution in [2.45, 2.75) is 71.3 Å². The van der Waals surface area contributed by atoms with Crippen LogP contribution in [0.25, 0.3) is 10.4 Å². The fraction of sp³-hybridized carbons (Fsp3) is 0.565. The van der Waals surface area contributed by atoms with Crippen molar-refractivity contribution < 1.29 is 27.9 Å². The molecule has 0 aliphatic carbocycles. The first-order valence-electron chi connectivity index (χ1n) is 11.5. The number of alkyl halides is 3. The van der Waals surface area contributed by atoms with Crippen molar-refractivity contribution in [2.75, 3.05) is 18.5 Å². The molecule has 0 radical (unpaired) electrons. The van der Waals surface area contributed by atoms with Gasteiger partial charge in [-0.05, 0) is 51.7 Å². The summed E-state index contributed by atoms with van der Waals surface area (Å²) in [5.41, 5.74) is 1.20. The van der Waals surface area contributed by atoms with Crippen LogP contribution in [0.1, 0.15) is 65.9 Å². The van der Waals surface area contributed by atoms with Gasteiger partial charge < -0.3 is 20.6 Å². The van der Waals surface area contributed by atoms with Crippen molar-refractivity contribution in [3.05, 3.63) is 28.5 Å². The molecule has 1 saturated heterocycles. The van der Waals surface area contributed by atoms with Crippen LogP contribution in [0.4, 0.5) is 19.0 Å². The van der Waals surface area contributed by atoms with Gasteiger partial charge in [0, 0.05) is 24.3 Å². The SMILES string of the molecule is CC[C@@H](CO)NC(=O)c1nc(C(=O)N2CCC[C@@H]2C)c(-c2cnc(N[C@@H](C)C(F)(F)F)cc2C)s1. The molecule has 2 aromatic rings. The third-order valence-electron chi connectivity index (χ3n) is 6.10. The zero-order chi connectivity index (χ0) is 25.9. The molecule has 0 saturated carbocycles. The smallest absolute Gasteiger partial charge is 0.394 e. The number of nitrogens with one attached hydrogen (secondary N) is 2. The summed E-state index contributed by atoms with van der Waals surface area (Å²) in [7, 11) is 0. The van der Waals surface area contributed by atoms with Crippen molar-refractivity contribution in [1.29, 1.82) is 0 Å². The van der Waals surface area contributed by atoms with Crippen LogP contribution in [0.2, 0.25) is 0 Å². The van der Waals surface area contributed by atoms with Gasteiger partial charge in [-0.2, -0.15) is 13.2 Å². The van der Waals surface area contributed by atoms with Gasteiger partial charge in [0.15, 0.2) is 5.01 Å². The van der Waals surface area contributed by atoms with E-state index in [1.807, 2.05) is 13.8 Å². The molecule has 0 bridgehead atoms. The highest BCUT2D eigenvalue weighted by molar-refractivity contribution is 7.17. The van der Waals surface area contributed by atoms with E-state index in [-0.39, 0.29) is 35.1 Å². The minimum absolute atomic E-state index is 0.0304. The van der Waals surface area contributed by atoms with E-state index in [0.29, 0.717) is 29.0 Å². The lowest BCUT2D eigenvalue weighted by Crippen LogP contribution is -2.37. The Hall–Kier alpha value is -2.73. The van der Waals surface area contributed by atoms with E-state index in [2.05, 4.69) is 20.6 Å². The number of nitrogens with zero attached hydrogens (tertiary/aromatic N) is 3. The molecule has 3 atom stereocenters. The highest BCUT2D eigenvalue weighted by Gasteiger charge is 2.36. The van der Waals surface area contributed by atoms with Crippen molar-refractivity contribution in [3.8, 4) is 10.4 Å². The van der Waals surface area contributed by atoms with Gasteiger partial charge in [0.05, 0.1) is 17.5 Å². The maximum Gasteiger partial charge on any atom is 0.408 e. The van der Waals surface area contributed by atoms with Crippen LogP contribution in [0.15, 0.2) is 12.3 Å². The highest BCUT2D eigenvalue weighted by Crippen LogP contribution is 2.35. The molecule has 0 unspecified atom stereocenters. The Morgan fingerprint density at radius 2 is 2.09 bits per heavy atom. The second-order valence-corrected chi connectivity index (χ2v) is 9.74. The normalized spacial score (nSPS) is 17.8. The number of rotatable bonds is 8. The maximum atomic E-state index is 13.4. The number of hydrogen-bond acceptors (Lipinski definition) is 7. The fourth-order valence-corrected chi connectivity index (χ4v) is 4.85. The summed E-state index contributed by atoms with van der Waals surface area (Å²) >= 11 is 1.02. The summed E-state index contributed by atoms with van der Waals surface area (Å²) in [4.78, 5) is 36.8. The van der Waals surface area contributed by atoms with E-state index in [0.717, 1.165) is 31.1 Å². The molecule has 8 nitrogen and oxygen atoms in total. The lowest BCUT2D eigenvalue weighted by atomic mass is 10.1. The molecule has 3 rings (SSSR count). The number of hydrogen-bond donors (Lipinski definition) is 3. The molecule has 3 N–H and O–H groups in total. The fourth-order valence-electron chi connectivity index (χ4n) is 3.82. The van der Waals surface area contributed by atoms with E-state index in [4.69, 9.17) is 0 Å². The molecule has 0 spiro atoms. The maximum absolute atomic E-state index is 13.4. The van der Waals surface area contributed by atoms with E-state index in [1.165, 1.54) is 12.3 Å². The van der Waals surface area contributed by atoms with Crippen molar-refractivity contribution in [3.63, 3.8) is 0 Å². The Morgan fingerprint density at radius 3 is 2.63 bits per heavy atom. The number of aryl methyl sites for hydroxylation is 1.